The number of amides is 1. The van der Waals surface area contributed by atoms with E-state index in [-0.39, 0.29) is 69.4 Å². The Morgan fingerprint density at radius 1 is 0.800 bits per heavy atom. The Morgan fingerprint density at radius 3 is 2.12 bits per heavy atom. The normalized spacial score (nSPS) is 20.4. The molecule has 2 N–H and O–H groups in total. The predicted molar refractivity (Wildman–Crippen MR) is 310 cm³/mol. The van der Waals surface area contributed by atoms with Gasteiger partial charge in [-0.3, -0.25) is 15.0 Å². The van der Waals surface area contributed by atoms with Crippen LogP contribution in [0.1, 0.15) is 139 Å². The molecule has 2 aliphatic carbocycles. The SMILES string of the molecule is C=CCOC12Oc3ccc(Oc4ccc(-c5ccccc5)cc4)cc3C3C(CCCCO)C(CCCCO)C=C(C(=NOCc4ccc([N+](=O)[O-])cc4)CC1N(Cc1ccc(F)cc1)C(=O)OCCCCCCCCCCCC)C32. The molecule has 5 aromatic carbocycles. The van der Waals surface area contributed by atoms with Crippen LogP contribution in [0.3, 0.4) is 0 Å². The van der Waals surface area contributed by atoms with E-state index in [2.05, 4.69) is 37.8 Å². The highest BCUT2D eigenvalue weighted by molar-refractivity contribution is 6.03. The Morgan fingerprint density at radius 2 is 1.45 bits per heavy atom. The van der Waals surface area contributed by atoms with Crippen molar-refractivity contribution >= 4 is 17.5 Å². The summed E-state index contributed by atoms with van der Waals surface area (Å²) in [5.41, 5.74) is 5.73. The second kappa shape index (κ2) is 30.1. The minimum atomic E-state index is -1.59. The summed E-state index contributed by atoms with van der Waals surface area (Å²) in [6.07, 6.45) is 18.9. The number of aliphatic hydroxyl groups is 2. The van der Waals surface area contributed by atoms with Gasteiger partial charge in [0.15, 0.2) is 0 Å². The fraction of sp³-hybridized carbons (Fsp3) is 0.455. The molecule has 1 heterocycles. The second-order valence-corrected chi connectivity index (χ2v) is 21.5. The van der Waals surface area contributed by atoms with Crippen LogP contribution in [0.4, 0.5) is 14.9 Å². The molecule has 0 spiro atoms. The lowest BCUT2D eigenvalue weighted by Gasteiger charge is -2.59. The van der Waals surface area contributed by atoms with Crippen molar-refractivity contribution < 1.29 is 48.1 Å². The summed E-state index contributed by atoms with van der Waals surface area (Å²) in [4.78, 5) is 34.2. The van der Waals surface area contributed by atoms with Crippen LogP contribution in [0.15, 0.2) is 151 Å². The first-order valence-corrected chi connectivity index (χ1v) is 29.1. The van der Waals surface area contributed by atoms with E-state index in [1.54, 1.807) is 35.2 Å². The number of unbranched alkanes of at least 4 members (excludes halogenated alkanes) is 11. The number of non-ortho nitro benzene ring substituents is 1. The average Bonchev–Trinajstić information content (AvgIpc) is 3.66. The Kier molecular flexibility index (Phi) is 22.3. The van der Waals surface area contributed by atoms with Gasteiger partial charge in [-0.25, -0.2) is 9.18 Å². The van der Waals surface area contributed by atoms with E-state index in [9.17, 15) is 24.7 Å². The zero-order valence-corrected chi connectivity index (χ0v) is 46.4. The van der Waals surface area contributed by atoms with E-state index in [0.717, 1.165) is 67.2 Å². The Balaban J connectivity index is 1.23. The zero-order valence-electron chi connectivity index (χ0n) is 46.4. The van der Waals surface area contributed by atoms with Gasteiger partial charge in [0.05, 0.1) is 29.8 Å². The molecule has 1 fully saturated rings. The molecule has 6 atom stereocenters. The number of hydrogen-bond donors (Lipinski definition) is 2. The maximum Gasteiger partial charge on any atom is 0.410 e. The van der Waals surface area contributed by atoms with E-state index >= 15 is 4.79 Å². The lowest BCUT2D eigenvalue weighted by molar-refractivity contribution is -0.384. The van der Waals surface area contributed by atoms with Crippen LogP contribution in [0.2, 0.25) is 0 Å². The summed E-state index contributed by atoms with van der Waals surface area (Å²) >= 11 is 0. The second-order valence-electron chi connectivity index (χ2n) is 21.5. The van der Waals surface area contributed by atoms with Gasteiger partial charge >= 0.3 is 6.09 Å². The molecular formula is C66H80FN3O10. The molecule has 1 saturated carbocycles. The van der Waals surface area contributed by atoms with Crippen LogP contribution in [0.25, 0.3) is 11.1 Å². The fourth-order valence-electron chi connectivity index (χ4n) is 12.0. The number of halogens is 1. The highest BCUT2D eigenvalue weighted by Crippen LogP contribution is 2.62. The Labute approximate surface area is 471 Å². The summed E-state index contributed by atoms with van der Waals surface area (Å²) in [5.74, 6) is -1.25. The van der Waals surface area contributed by atoms with E-state index in [1.807, 2.05) is 54.6 Å². The third kappa shape index (κ3) is 15.3. The van der Waals surface area contributed by atoms with Crippen LogP contribution in [0, 0.1) is 33.7 Å². The standard InChI is InChI=1S/C66H80FN3O10/c1-3-5-6-7-8-9-10-11-12-20-42-76-65(73)69(46-48-25-31-53(67)32-26-48)62-45-60(68-78-47-49-27-33-54(34-28-49)70(74)75)58-43-52(23-16-18-39-71)57(24-17-19-40-72)63-59-44-56(37-38-61(59)80-66(62,64(58)63)77-41-4-2)79-55-35-29-51(30-36-55)50-21-14-13-15-22-50/h4,13-15,21-22,25-38,43-44,52,57,62-64,71-72H,2-3,5-12,16-20,23-24,39-42,45-47H2,1H3. The molecule has 1 amide bonds. The Bertz CT molecular complexity index is 2810. The quantitative estimate of drug-likeness (QED) is 0.0183. The van der Waals surface area contributed by atoms with Gasteiger partial charge < -0.3 is 34.0 Å². The van der Waals surface area contributed by atoms with Gasteiger partial charge in [0.1, 0.15) is 35.7 Å². The lowest BCUT2D eigenvalue weighted by Crippen LogP contribution is -2.70. The number of carbonyl (C=O) groups is 1. The third-order valence-corrected chi connectivity index (χ3v) is 16.0. The molecule has 14 heteroatoms. The van der Waals surface area contributed by atoms with Gasteiger partial charge in [0.25, 0.3) is 5.69 Å². The average molecular weight is 1090 g/mol. The van der Waals surface area contributed by atoms with E-state index in [0.29, 0.717) is 53.3 Å². The molecular weight excluding hydrogens is 1010 g/mol. The van der Waals surface area contributed by atoms with Crippen molar-refractivity contribution in [3.63, 3.8) is 0 Å². The van der Waals surface area contributed by atoms with Crippen LogP contribution in [0.5, 0.6) is 17.2 Å². The van der Waals surface area contributed by atoms with Crippen LogP contribution >= 0.6 is 0 Å². The zero-order chi connectivity index (χ0) is 56.1. The summed E-state index contributed by atoms with van der Waals surface area (Å²) in [6.45, 7) is 6.67. The highest BCUT2D eigenvalue weighted by atomic mass is 19.1. The molecule has 80 heavy (non-hydrogen) atoms. The van der Waals surface area contributed by atoms with Gasteiger partial charge in [-0.15, -0.1) is 6.58 Å². The topological polar surface area (TPSA) is 162 Å². The van der Waals surface area contributed by atoms with Crippen molar-refractivity contribution in [3.8, 4) is 28.4 Å². The minimum absolute atomic E-state index is 0.00189. The van der Waals surface area contributed by atoms with Crippen LogP contribution < -0.4 is 9.47 Å². The molecule has 0 radical (unpaired) electrons. The summed E-state index contributed by atoms with van der Waals surface area (Å²) in [5, 5.41) is 36.8. The molecule has 5 aromatic rings. The number of nitro benzene ring substituents is 1. The van der Waals surface area contributed by atoms with Gasteiger partial charge in [0.2, 0.25) is 5.79 Å². The van der Waals surface area contributed by atoms with Crippen molar-refractivity contribution in [1.29, 1.82) is 0 Å². The molecule has 13 nitrogen and oxygen atoms in total. The number of aliphatic hydroxyl groups excluding tert-OH is 2. The maximum atomic E-state index is 15.2. The van der Waals surface area contributed by atoms with E-state index < -0.39 is 34.6 Å². The van der Waals surface area contributed by atoms with Gasteiger partial charge in [-0.1, -0.05) is 149 Å². The number of fused-ring (bicyclic) bond motifs is 2. The largest absolute Gasteiger partial charge is 0.459 e. The molecule has 0 bridgehead atoms. The van der Waals surface area contributed by atoms with Crippen molar-refractivity contribution in [2.24, 2.45) is 22.9 Å². The smallest absolute Gasteiger partial charge is 0.410 e. The number of hydrogen-bond acceptors (Lipinski definition) is 11. The number of ether oxygens (including phenoxy) is 4. The van der Waals surface area contributed by atoms with Gasteiger partial charge in [0, 0.05) is 49.8 Å². The fourth-order valence-corrected chi connectivity index (χ4v) is 12.0. The van der Waals surface area contributed by atoms with Crippen LogP contribution in [-0.4, -0.2) is 70.1 Å². The molecule has 0 saturated heterocycles. The molecule has 0 aromatic heterocycles. The molecule has 8 rings (SSSR count). The lowest BCUT2D eigenvalue weighted by atomic mass is 9.55. The van der Waals surface area contributed by atoms with Crippen LogP contribution in [-0.2, 0) is 27.5 Å². The summed E-state index contributed by atoms with van der Waals surface area (Å²) in [7, 11) is 0. The number of nitro groups is 1. The number of carbonyl (C=O) groups excluding carboxylic acids is 1. The van der Waals surface area contributed by atoms with E-state index in [1.165, 1.54) is 62.8 Å². The maximum absolute atomic E-state index is 15.2. The Hall–Kier alpha value is -6.87. The summed E-state index contributed by atoms with van der Waals surface area (Å²) < 4.78 is 42.3. The number of rotatable bonds is 32. The molecule has 1 aliphatic heterocycles. The molecule has 426 valence electrons. The number of benzene rings is 5. The first-order chi connectivity index (χ1) is 39.2. The monoisotopic (exact) mass is 1090 g/mol. The molecule has 6 unspecified atom stereocenters. The van der Waals surface area contributed by atoms with E-state index in [4.69, 9.17) is 28.9 Å². The third-order valence-electron chi connectivity index (χ3n) is 16.0. The number of allylic oxidation sites excluding steroid dienone is 1. The first-order valence-electron chi connectivity index (χ1n) is 29.1. The predicted octanol–water partition coefficient (Wildman–Crippen LogP) is 15.6. The van der Waals surface area contributed by atoms with Crippen molar-refractivity contribution in [2.75, 3.05) is 26.4 Å². The number of oxime groups is 1. The summed E-state index contributed by atoms with van der Waals surface area (Å²) in [6, 6.07) is 35.3. The minimum Gasteiger partial charge on any atom is -0.459 e. The van der Waals surface area contributed by atoms with Crippen molar-refractivity contribution in [1.82, 2.24) is 4.90 Å². The first kappa shape index (κ1) is 59.3. The molecule has 3 aliphatic rings. The highest BCUT2D eigenvalue weighted by Gasteiger charge is 2.66. The van der Waals surface area contributed by atoms with Crippen molar-refractivity contribution in [3.05, 3.63) is 178 Å². The van der Waals surface area contributed by atoms with Gasteiger partial charge in [-0.05, 0) is 126 Å². The number of nitrogens with zero attached hydrogens (tertiary/aromatic N) is 3. The van der Waals surface area contributed by atoms with Crippen molar-refractivity contribution in [2.45, 2.75) is 147 Å². The van der Waals surface area contributed by atoms with Gasteiger partial charge in [-0.2, -0.15) is 0 Å².